The van der Waals surface area contributed by atoms with E-state index in [0.717, 1.165) is 5.56 Å². The Balaban J connectivity index is 1.97. The average Bonchev–Trinajstić information content (AvgIpc) is 2.85. The van der Waals surface area contributed by atoms with Gasteiger partial charge >= 0.3 is 5.97 Å². The van der Waals surface area contributed by atoms with Gasteiger partial charge < -0.3 is 10.6 Å². The molecule has 2 aromatic heterocycles. The number of carbonyl (C=O) groups excluding carboxylic acids is 1. The highest BCUT2D eigenvalue weighted by Crippen LogP contribution is 2.20. The number of esters is 1. The third-order valence-electron chi connectivity index (χ3n) is 2.48. The number of hydrogen-bond donors (Lipinski definition) is 1. The van der Waals surface area contributed by atoms with Crippen molar-refractivity contribution in [2.24, 2.45) is 5.92 Å². The monoisotopic (exact) mass is 307 g/mol. The third kappa shape index (κ3) is 4.19. The highest BCUT2D eigenvalue weighted by Gasteiger charge is 2.14. The Morgan fingerprint density at radius 3 is 2.95 bits per heavy atom. The zero-order valence-electron chi connectivity index (χ0n) is 11.9. The molecule has 8 heteroatoms. The first kappa shape index (κ1) is 15.3. The van der Waals surface area contributed by atoms with E-state index in [4.69, 9.17) is 10.6 Å². The van der Waals surface area contributed by atoms with Crippen molar-refractivity contribution in [1.29, 1.82) is 0 Å². The predicted molar refractivity (Wildman–Crippen MR) is 79.9 cm³/mol. The molecule has 0 fully saturated rings. The summed E-state index contributed by atoms with van der Waals surface area (Å²) >= 11 is 1.19. The van der Waals surface area contributed by atoms with Gasteiger partial charge in [0.15, 0.2) is 5.82 Å². The lowest BCUT2D eigenvalue weighted by Crippen LogP contribution is -2.14. The fourth-order valence-electron chi connectivity index (χ4n) is 1.49. The lowest BCUT2D eigenvalue weighted by Gasteiger charge is -2.06. The summed E-state index contributed by atoms with van der Waals surface area (Å²) in [7, 11) is 0. The van der Waals surface area contributed by atoms with E-state index in [-0.39, 0.29) is 11.7 Å². The molecule has 7 nitrogen and oxygen atoms in total. The standard InChI is InChI=1S/C13H17N5O2S/c1-9(2)7-20-11(19)8-21-13-17-16-12(18(13)14)10-4-3-5-15-6-10/h3-6,9H,7-8,14H2,1-2H3. The van der Waals surface area contributed by atoms with Crippen LogP contribution in [0.1, 0.15) is 13.8 Å². The van der Waals surface area contributed by atoms with Crippen molar-refractivity contribution in [1.82, 2.24) is 19.9 Å². The van der Waals surface area contributed by atoms with Crippen LogP contribution in [0.25, 0.3) is 11.4 Å². The van der Waals surface area contributed by atoms with Gasteiger partial charge in [0.25, 0.3) is 0 Å². The summed E-state index contributed by atoms with van der Waals surface area (Å²) in [4.78, 5) is 15.6. The van der Waals surface area contributed by atoms with E-state index in [1.54, 1.807) is 18.5 Å². The van der Waals surface area contributed by atoms with Gasteiger partial charge in [-0.15, -0.1) is 10.2 Å². The van der Waals surface area contributed by atoms with Gasteiger partial charge in [-0.05, 0) is 18.1 Å². The van der Waals surface area contributed by atoms with Crippen molar-refractivity contribution >= 4 is 17.7 Å². The van der Waals surface area contributed by atoms with E-state index in [1.165, 1.54) is 16.4 Å². The molecule has 0 aliphatic carbocycles. The number of rotatable bonds is 6. The molecule has 0 aliphatic heterocycles. The molecule has 0 unspecified atom stereocenters. The summed E-state index contributed by atoms with van der Waals surface area (Å²) in [5, 5.41) is 8.44. The van der Waals surface area contributed by atoms with Crippen molar-refractivity contribution in [2.75, 3.05) is 18.2 Å². The van der Waals surface area contributed by atoms with E-state index < -0.39 is 0 Å². The van der Waals surface area contributed by atoms with Crippen molar-refractivity contribution in [3.05, 3.63) is 24.5 Å². The maximum Gasteiger partial charge on any atom is 0.316 e. The highest BCUT2D eigenvalue weighted by molar-refractivity contribution is 7.99. The van der Waals surface area contributed by atoms with Crippen LogP contribution in [0.15, 0.2) is 29.7 Å². The first-order valence-corrected chi connectivity index (χ1v) is 7.45. The van der Waals surface area contributed by atoms with Crippen LogP contribution in [0.4, 0.5) is 0 Å². The first-order chi connectivity index (χ1) is 10.1. The van der Waals surface area contributed by atoms with E-state index in [0.29, 0.717) is 23.5 Å². The number of pyridine rings is 1. The minimum absolute atomic E-state index is 0.148. The quantitative estimate of drug-likeness (QED) is 0.489. The Kier molecular flexibility index (Phi) is 5.15. The molecule has 112 valence electrons. The summed E-state index contributed by atoms with van der Waals surface area (Å²) in [6, 6.07) is 3.63. The van der Waals surface area contributed by atoms with Crippen molar-refractivity contribution in [3.63, 3.8) is 0 Å². The molecule has 0 saturated heterocycles. The summed E-state index contributed by atoms with van der Waals surface area (Å²) in [6.45, 7) is 4.38. The van der Waals surface area contributed by atoms with E-state index >= 15 is 0 Å². The van der Waals surface area contributed by atoms with Crippen LogP contribution in [-0.2, 0) is 9.53 Å². The molecule has 0 aliphatic rings. The van der Waals surface area contributed by atoms with Crippen molar-refractivity contribution in [2.45, 2.75) is 19.0 Å². The molecular weight excluding hydrogens is 290 g/mol. The van der Waals surface area contributed by atoms with E-state index in [2.05, 4.69) is 15.2 Å². The van der Waals surface area contributed by atoms with Gasteiger partial charge in [0.2, 0.25) is 5.16 Å². The van der Waals surface area contributed by atoms with Crippen LogP contribution >= 0.6 is 11.8 Å². The summed E-state index contributed by atoms with van der Waals surface area (Å²) in [6.07, 6.45) is 3.32. The number of hydrogen-bond acceptors (Lipinski definition) is 7. The average molecular weight is 307 g/mol. The summed E-state index contributed by atoms with van der Waals surface area (Å²) in [5.41, 5.74) is 0.765. The van der Waals surface area contributed by atoms with Crippen molar-refractivity contribution in [3.8, 4) is 11.4 Å². The Hall–Kier alpha value is -2.09. The lowest BCUT2D eigenvalue weighted by molar-refractivity contribution is -0.141. The second-order valence-electron chi connectivity index (χ2n) is 4.78. The number of nitrogens with zero attached hydrogens (tertiary/aromatic N) is 4. The molecule has 2 rings (SSSR count). The molecule has 0 bridgehead atoms. The molecule has 2 N–H and O–H groups in total. The maximum absolute atomic E-state index is 11.6. The predicted octanol–water partition coefficient (Wildman–Crippen LogP) is 1.35. The topological polar surface area (TPSA) is 95.9 Å². The molecule has 2 aromatic rings. The molecular formula is C13H17N5O2S. The fraction of sp³-hybridized carbons (Fsp3) is 0.385. The molecule has 0 radical (unpaired) electrons. The summed E-state index contributed by atoms with van der Waals surface area (Å²) < 4.78 is 6.43. The smallest absolute Gasteiger partial charge is 0.316 e. The number of carbonyl (C=O) groups is 1. The zero-order chi connectivity index (χ0) is 15.2. The van der Waals surface area contributed by atoms with Gasteiger partial charge in [0.05, 0.1) is 12.4 Å². The maximum atomic E-state index is 11.6. The molecule has 0 saturated carbocycles. The van der Waals surface area contributed by atoms with Crippen LogP contribution < -0.4 is 5.84 Å². The normalized spacial score (nSPS) is 10.8. The lowest BCUT2D eigenvalue weighted by atomic mass is 10.2. The molecule has 0 amide bonds. The Labute approximate surface area is 126 Å². The molecule has 0 atom stereocenters. The van der Waals surface area contributed by atoms with Gasteiger partial charge in [-0.1, -0.05) is 25.6 Å². The Morgan fingerprint density at radius 1 is 1.48 bits per heavy atom. The Morgan fingerprint density at radius 2 is 2.29 bits per heavy atom. The number of nitrogens with two attached hydrogens (primary N) is 1. The van der Waals surface area contributed by atoms with E-state index in [9.17, 15) is 4.79 Å². The van der Waals surface area contributed by atoms with Gasteiger partial charge in [-0.2, -0.15) is 0 Å². The van der Waals surface area contributed by atoms with Crippen LogP contribution in [0.5, 0.6) is 0 Å². The SMILES string of the molecule is CC(C)COC(=O)CSc1nnc(-c2cccnc2)n1N. The van der Waals surface area contributed by atoms with Gasteiger partial charge in [-0.25, -0.2) is 4.68 Å². The number of ether oxygens (including phenoxy) is 1. The number of thioether (sulfide) groups is 1. The Bertz CT molecular complexity index is 600. The van der Waals surface area contributed by atoms with Crippen LogP contribution in [0.3, 0.4) is 0 Å². The van der Waals surface area contributed by atoms with Gasteiger partial charge in [0, 0.05) is 18.0 Å². The number of nitrogen functional groups attached to an aromatic ring is 1. The van der Waals surface area contributed by atoms with Gasteiger partial charge in [-0.3, -0.25) is 9.78 Å². The highest BCUT2D eigenvalue weighted by atomic mass is 32.2. The first-order valence-electron chi connectivity index (χ1n) is 6.47. The molecule has 0 spiro atoms. The molecule has 2 heterocycles. The summed E-state index contributed by atoms with van der Waals surface area (Å²) in [5.74, 6) is 6.61. The largest absolute Gasteiger partial charge is 0.465 e. The van der Waals surface area contributed by atoms with Gasteiger partial charge in [0.1, 0.15) is 0 Å². The number of aromatic nitrogens is 4. The molecule has 0 aromatic carbocycles. The second kappa shape index (κ2) is 7.07. The minimum Gasteiger partial charge on any atom is -0.465 e. The van der Waals surface area contributed by atoms with Crippen LogP contribution in [0.2, 0.25) is 0 Å². The second-order valence-corrected chi connectivity index (χ2v) is 5.73. The van der Waals surface area contributed by atoms with Crippen LogP contribution in [-0.4, -0.2) is 38.2 Å². The zero-order valence-corrected chi connectivity index (χ0v) is 12.7. The minimum atomic E-state index is -0.292. The molecule has 21 heavy (non-hydrogen) atoms. The van der Waals surface area contributed by atoms with E-state index in [1.807, 2.05) is 19.9 Å². The fourth-order valence-corrected chi connectivity index (χ4v) is 2.15. The third-order valence-corrected chi connectivity index (χ3v) is 3.40. The van der Waals surface area contributed by atoms with Crippen molar-refractivity contribution < 1.29 is 9.53 Å². The van der Waals surface area contributed by atoms with Crippen LogP contribution in [0, 0.1) is 5.92 Å².